The Morgan fingerprint density at radius 3 is 2.41 bits per heavy atom. The van der Waals surface area contributed by atoms with Crippen molar-refractivity contribution in [3.8, 4) is 0 Å². The number of piperidine rings is 1. The van der Waals surface area contributed by atoms with Gasteiger partial charge in [0.05, 0.1) is 10.9 Å². The maximum atomic E-state index is 13.6. The molecule has 2 aromatic heterocycles. The number of hydrogen-bond acceptors (Lipinski definition) is 5. The number of amides is 1. The minimum Gasteiger partial charge on any atom is -0.339 e. The SMILES string of the molecule is CCCn1c(=O)[nH]c(=O)c2c(C(=O)N3CCC(C(=O)c4ccccc4)CC3)cc(C(C)C)nc21. The van der Waals surface area contributed by atoms with Gasteiger partial charge in [-0.15, -0.1) is 0 Å². The van der Waals surface area contributed by atoms with Gasteiger partial charge in [0.25, 0.3) is 11.5 Å². The van der Waals surface area contributed by atoms with Gasteiger partial charge in [0.15, 0.2) is 11.4 Å². The Bertz CT molecular complexity index is 1330. The number of carbonyl (C=O) groups excluding carboxylic acids is 2. The second kappa shape index (κ2) is 9.75. The van der Waals surface area contributed by atoms with Crippen molar-refractivity contribution in [2.45, 2.75) is 52.5 Å². The Kier molecular flexibility index (Phi) is 6.77. The molecule has 8 heteroatoms. The first-order valence-corrected chi connectivity index (χ1v) is 11.9. The second-order valence-electron chi connectivity index (χ2n) is 9.16. The summed E-state index contributed by atoms with van der Waals surface area (Å²) in [6.45, 7) is 7.09. The van der Waals surface area contributed by atoms with Gasteiger partial charge in [-0.3, -0.25) is 23.9 Å². The average Bonchev–Trinajstić information content (AvgIpc) is 2.85. The van der Waals surface area contributed by atoms with E-state index in [1.165, 1.54) is 4.57 Å². The van der Waals surface area contributed by atoms with Crippen LogP contribution in [0.4, 0.5) is 0 Å². The summed E-state index contributed by atoms with van der Waals surface area (Å²) >= 11 is 0. The maximum Gasteiger partial charge on any atom is 0.329 e. The molecule has 34 heavy (non-hydrogen) atoms. The number of benzene rings is 1. The topological polar surface area (TPSA) is 105 Å². The maximum absolute atomic E-state index is 13.6. The van der Waals surface area contributed by atoms with Crippen LogP contribution < -0.4 is 11.2 Å². The Hall–Kier alpha value is -3.55. The van der Waals surface area contributed by atoms with E-state index in [9.17, 15) is 19.2 Å². The number of Topliss-reactive ketones (excluding diaryl/α,β-unsaturated/α-hetero) is 1. The molecule has 0 saturated carbocycles. The summed E-state index contributed by atoms with van der Waals surface area (Å²) in [6, 6.07) is 10.9. The molecule has 1 aliphatic rings. The molecule has 178 valence electrons. The molecule has 0 spiro atoms. The van der Waals surface area contributed by atoms with Crippen molar-refractivity contribution >= 4 is 22.7 Å². The van der Waals surface area contributed by atoms with Crippen LogP contribution in [0.1, 0.15) is 72.4 Å². The lowest BCUT2D eigenvalue weighted by Crippen LogP contribution is -2.41. The number of aryl methyl sites for hydroxylation is 1. The van der Waals surface area contributed by atoms with Crippen molar-refractivity contribution < 1.29 is 9.59 Å². The van der Waals surface area contributed by atoms with E-state index in [1.54, 1.807) is 11.0 Å². The van der Waals surface area contributed by atoms with E-state index in [1.807, 2.05) is 51.1 Å². The van der Waals surface area contributed by atoms with Gasteiger partial charge in [-0.05, 0) is 31.2 Å². The molecule has 1 fully saturated rings. The van der Waals surface area contributed by atoms with Gasteiger partial charge in [0.1, 0.15) is 0 Å². The van der Waals surface area contributed by atoms with Crippen LogP contribution in [0.25, 0.3) is 11.0 Å². The summed E-state index contributed by atoms with van der Waals surface area (Å²) in [7, 11) is 0. The molecule has 8 nitrogen and oxygen atoms in total. The summed E-state index contributed by atoms with van der Waals surface area (Å²) in [5, 5.41) is 0.143. The zero-order chi connectivity index (χ0) is 24.4. The van der Waals surface area contributed by atoms with Crippen molar-refractivity contribution in [1.29, 1.82) is 0 Å². The number of aromatic nitrogens is 3. The number of nitrogens with one attached hydrogen (secondary N) is 1. The largest absolute Gasteiger partial charge is 0.339 e. The third-order valence-corrected chi connectivity index (χ3v) is 6.45. The molecule has 3 heterocycles. The molecule has 1 saturated heterocycles. The Labute approximate surface area is 197 Å². The van der Waals surface area contributed by atoms with Crippen LogP contribution in [-0.2, 0) is 6.54 Å². The lowest BCUT2D eigenvalue weighted by molar-refractivity contribution is 0.0651. The third kappa shape index (κ3) is 4.44. The van der Waals surface area contributed by atoms with Crippen LogP contribution in [-0.4, -0.2) is 44.2 Å². The number of likely N-dealkylation sites (tertiary alicyclic amines) is 1. The molecule has 0 unspecified atom stereocenters. The number of carbonyl (C=O) groups is 2. The number of ketones is 1. The number of hydrogen-bond donors (Lipinski definition) is 1. The predicted molar refractivity (Wildman–Crippen MR) is 130 cm³/mol. The normalized spacial score (nSPS) is 14.6. The average molecular weight is 463 g/mol. The molecule has 3 aromatic rings. The standard InChI is InChI=1S/C26H30N4O4/c1-4-12-30-23-21(24(32)28-26(30)34)19(15-20(27-23)16(2)3)25(33)29-13-10-18(11-14-29)22(31)17-8-6-5-7-9-17/h5-9,15-16,18H,4,10-14H2,1-3H3,(H,28,32,34). The number of aromatic amines is 1. The van der Waals surface area contributed by atoms with Crippen LogP contribution in [0.15, 0.2) is 46.0 Å². The first kappa shape index (κ1) is 23.6. The molecular formula is C26H30N4O4. The highest BCUT2D eigenvalue weighted by molar-refractivity contribution is 6.05. The van der Waals surface area contributed by atoms with E-state index in [4.69, 9.17) is 0 Å². The molecule has 1 aliphatic heterocycles. The monoisotopic (exact) mass is 462 g/mol. The second-order valence-corrected chi connectivity index (χ2v) is 9.16. The van der Waals surface area contributed by atoms with Gasteiger partial charge in [0, 0.05) is 36.8 Å². The summed E-state index contributed by atoms with van der Waals surface area (Å²) in [5.74, 6) is -0.295. The predicted octanol–water partition coefficient (Wildman–Crippen LogP) is 3.35. The molecule has 1 amide bonds. The molecule has 0 bridgehead atoms. The molecular weight excluding hydrogens is 432 g/mol. The summed E-state index contributed by atoms with van der Waals surface area (Å²) in [4.78, 5) is 60.4. The van der Waals surface area contributed by atoms with Gasteiger partial charge in [0.2, 0.25) is 0 Å². The Morgan fingerprint density at radius 1 is 1.12 bits per heavy atom. The van der Waals surface area contributed by atoms with Crippen LogP contribution in [0.3, 0.4) is 0 Å². The van der Waals surface area contributed by atoms with E-state index >= 15 is 0 Å². The molecule has 0 atom stereocenters. The van der Waals surface area contributed by atoms with Crippen molar-refractivity contribution in [3.63, 3.8) is 0 Å². The lowest BCUT2D eigenvalue weighted by Gasteiger charge is -2.31. The smallest absolute Gasteiger partial charge is 0.329 e. The van der Waals surface area contributed by atoms with Crippen molar-refractivity contribution in [3.05, 3.63) is 74.1 Å². The quantitative estimate of drug-likeness (QED) is 0.566. The molecule has 0 aliphatic carbocycles. The minimum atomic E-state index is -0.604. The molecule has 4 rings (SSSR count). The van der Waals surface area contributed by atoms with E-state index in [0.29, 0.717) is 50.2 Å². The number of nitrogens with zero attached hydrogens (tertiary/aromatic N) is 3. The van der Waals surface area contributed by atoms with E-state index in [2.05, 4.69) is 9.97 Å². The zero-order valence-electron chi connectivity index (χ0n) is 19.8. The highest BCUT2D eigenvalue weighted by Crippen LogP contribution is 2.26. The number of fused-ring (bicyclic) bond motifs is 1. The van der Waals surface area contributed by atoms with Gasteiger partial charge in [-0.2, -0.15) is 0 Å². The summed E-state index contributed by atoms with van der Waals surface area (Å²) in [6.07, 6.45) is 1.81. The molecule has 1 N–H and O–H groups in total. The highest BCUT2D eigenvalue weighted by Gasteiger charge is 2.30. The van der Waals surface area contributed by atoms with E-state index < -0.39 is 11.2 Å². The molecule has 0 radical (unpaired) electrons. The summed E-state index contributed by atoms with van der Waals surface area (Å²) in [5.41, 5.74) is 0.722. The van der Waals surface area contributed by atoms with Crippen molar-refractivity contribution in [2.24, 2.45) is 5.92 Å². The van der Waals surface area contributed by atoms with Crippen LogP contribution >= 0.6 is 0 Å². The van der Waals surface area contributed by atoms with Crippen molar-refractivity contribution in [1.82, 2.24) is 19.4 Å². The fraction of sp³-hybridized carbons (Fsp3) is 0.423. The zero-order valence-corrected chi connectivity index (χ0v) is 19.8. The van der Waals surface area contributed by atoms with Gasteiger partial charge < -0.3 is 4.90 Å². The van der Waals surface area contributed by atoms with Gasteiger partial charge in [-0.25, -0.2) is 9.78 Å². The Balaban J connectivity index is 1.68. The fourth-order valence-corrected chi connectivity index (χ4v) is 4.54. The van der Waals surface area contributed by atoms with Crippen LogP contribution in [0, 0.1) is 5.92 Å². The fourth-order valence-electron chi connectivity index (χ4n) is 4.54. The number of H-pyrrole nitrogens is 1. The van der Waals surface area contributed by atoms with Crippen molar-refractivity contribution in [2.75, 3.05) is 13.1 Å². The molecule has 1 aromatic carbocycles. The van der Waals surface area contributed by atoms with Gasteiger partial charge in [-0.1, -0.05) is 51.1 Å². The lowest BCUT2D eigenvalue weighted by atomic mass is 9.88. The Morgan fingerprint density at radius 2 is 1.79 bits per heavy atom. The highest BCUT2D eigenvalue weighted by atomic mass is 16.2. The van der Waals surface area contributed by atoms with E-state index in [0.717, 1.165) is 0 Å². The van der Waals surface area contributed by atoms with Crippen LogP contribution in [0.5, 0.6) is 0 Å². The summed E-state index contributed by atoms with van der Waals surface area (Å²) < 4.78 is 1.43. The minimum absolute atomic E-state index is 0.00893. The van der Waals surface area contributed by atoms with Crippen LogP contribution in [0.2, 0.25) is 0 Å². The van der Waals surface area contributed by atoms with Gasteiger partial charge >= 0.3 is 5.69 Å². The first-order chi connectivity index (χ1) is 16.3. The number of rotatable bonds is 6. The van der Waals surface area contributed by atoms with E-state index in [-0.39, 0.29) is 40.1 Å². The third-order valence-electron chi connectivity index (χ3n) is 6.45. The first-order valence-electron chi connectivity index (χ1n) is 11.9. The number of pyridine rings is 1.